The molecule has 0 heteroatoms. The van der Waals surface area contributed by atoms with Crippen molar-refractivity contribution in [2.24, 2.45) is 82.9 Å². The van der Waals surface area contributed by atoms with E-state index in [1.54, 1.807) is 25.7 Å². The van der Waals surface area contributed by atoms with E-state index in [4.69, 9.17) is 0 Å². The minimum atomic E-state index is 0.968. The maximum absolute atomic E-state index is 2.56. The van der Waals surface area contributed by atoms with Gasteiger partial charge in [-0.05, 0) is 160 Å². The van der Waals surface area contributed by atoms with E-state index in [-0.39, 0.29) is 0 Å². The van der Waals surface area contributed by atoms with E-state index in [9.17, 15) is 0 Å². The summed E-state index contributed by atoms with van der Waals surface area (Å²) in [7, 11) is 0. The second-order valence-electron chi connectivity index (χ2n) is 15.8. The maximum atomic E-state index is 2.56. The van der Waals surface area contributed by atoms with Crippen LogP contribution in [0.25, 0.3) is 0 Å². The van der Waals surface area contributed by atoms with Crippen molar-refractivity contribution in [1.82, 2.24) is 0 Å². The highest BCUT2D eigenvalue weighted by atomic mass is 14.5. The van der Waals surface area contributed by atoms with E-state index in [0.717, 1.165) is 82.9 Å². The molecule has 5 saturated carbocycles. The van der Waals surface area contributed by atoms with Crippen LogP contribution in [0.2, 0.25) is 0 Å². The Hall–Kier alpha value is -1.04. The smallest absolute Gasteiger partial charge is 0.0196 e. The fraction of sp³-hybridized carbons (Fsp3) is 0.789. The number of hydrogen-bond acceptors (Lipinski definition) is 0. The van der Waals surface area contributed by atoms with E-state index in [1.807, 2.05) is 0 Å². The molecule has 0 nitrogen and oxygen atoms in total. The first-order chi connectivity index (χ1) is 18.8. The lowest BCUT2D eigenvalue weighted by atomic mass is 9.68. The third-order valence-corrected chi connectivity index (χ3v) is 14.0. The fourth-order valence-corrected chi connectivity index (χ4v) is 12.2. The van der Waals surface area contributed by atoms with E-state index < -0.39 is 0 Å². The van der Waals surface area contributed by atoms with Crippen molar-refractivity contribution in [1.29, 1.82) is 0 Å². The molecule has 0 saturated heterocycles. The third kappa shape index (κ3) is 4.57. The molecule has 9 aliphatic carbocycles. The highest BCUT2D eigenvalue weighted by Gasteiger charge is 2.49. The van der Waals surface area contributed by atoms with Crippen molar-refractivity contribution in [2.75, 3.05) is 0 Å². The van der Waals surface area contributed by atoms with E-state index in [0.29, 0.717) is 0 Å². The summed E-state index contributed by atoms with van der Waals surface area (Å²) in [5.74, 6) is 14.2. The molecule has 8 bridgehead atoms. The predicted octanol–water partition coefficient (Wildman–Crippen LogP) is 10.2. The fourth-order valence-electron chi connectivity index (χ4n) is 12.2. The van der Waals surface area contributed by atoms with Crippen LogP contribution in [0, 0.1) is 82.9 Å². The standard InChI is InChI=1S/C20H30.C18H24/c1(3-5-17-11-15-7-9-19(17)13-15)2-4-6-18-12-16-8-10-20(18)14-16;1-2-12-9-11(1)15-5-6-17-13-3-4-14(10-13)18(17)8-7-16(12)15/h7-10,15-20H,1-6,11-14H2;1-4,11-18H,5-10H2. The van der Waals surface area contributed by atoms with Crippen molar-refractivity contribution < 1.29 is 0 Å². The van der Waals surface area contributed by atoms with Crippen LogP contribution in [0.3, 0.4) is 0 Å². The molecule has 0 amide bonds. The number of hydrogen-bond donors (Lipinski definition) is 0. The Morgan fingerprint density at radius 1 is 0.342 bits per heavy atom. The number of fused-ring (bicyclic) bond motifs is 14. The summed E-state index contributed by atoms with van der Waals surface area (Å²) >= 11 is 0. The van der Waals surface area contributed by atoms with Crippen LogP contribution in [0.5, 0.6) is 0 Å². The summed E-state index contributed by atoms with van der Waals surface area (Å²) in [5.41, 5.74) is 0. The lowest BCUT2D eigenvalue weighted by Gasteiger charge is -2.37. The summed E-state index contributed by atoms with van der Waals surface area (Å²) in [6.07, 6.45) is 44.5. The van der Waals surface area contributed by atoms with Crippen molar-refractivity contribution in [3.8, 4) is 0 Å². The van der Waals surface area contributed by atoms with Gasteiger partial charge < -0.3 is 0 Å². The molecule has 9 aliphatic rings. The lowest BCUT2D eigenvalue weighted by molar-refractivity contribution is 0.162. The molecule has 0 N–H and O–H groups in total. The Bertz CT molecular complexity index is 851. The van der Waals surface area contributed by atoms with Gasteiger partial charge in [0, 0.05) is 0 Å². The SMILES string of the molecule is C1=CC2CC1C1CCC3C4C=CC(C4)C3CCC21.C1=CC2CC1CC2CCCCCCC1CC2C=CC1C2. The summed E-state index contributed by atoms with van der Waals surface area (Å²) in [6, 6.07) is 0. The zero-order valence-electron chi connectivity index (χ0n) is 24.0. The molecule has 14 unspecified atom stereocenters. The minimum absolute atomic E-state index is 0.968. The van der Waals surface area contributed by atoms with Gasteiger partial charge >= 0.3 is 0 Å². The van der Waals surface area contributed by atoms with Gasteiger partial charge in [0.1, 0.15) is 0 Å². The van der Waals surface area contributed by atoms with E-state index >= 15 is 0 Å². The molecule has 0 aromatic rings. The van der Waals surface area contributed by atoms with Gasteiger partial charge in [0.05, 0.1) is 0 Å². The number of allylic oxidation sites excluding steroid dienone is 8. The van der Waals surface area contributed by atoms with Crippen LogP contribution in [-0.4, -0.2) is 0 Å². The summed E-state index contributed by atoms with van der Waals surface area (Å²) in [6.45, 7) is 0. The average molecular weight is 511 g/mol. The zero-order valence-corrected chi connectivity index (χ0v) is 24.0. The van der Waals surface area contributed by atoms with Gasteiger partial charge in [-0.3, -0.25) is 0 Å². The third-order valence-electron chi connectivity index (χ3n) is 14.0. The van der Waals surface area contributed by atoms with Crippen LogP contribution < -0.4 is 0 Å². The largest absolute Gasteiger partial charge is 0.0851 e. The first-order valence-corrected chi connectivity index (χ1v) is 17.5. The van der Waals surface area contributed by atoms with Gasteiger partial charge in [0.2, 0.25) is 0 Å². The van der Waals surface area contributed by atoms with Gasteiger partial charge in [-0.2, -0.15) is 0 Å². The maximum Gasteiger partial charge on any atom is -0.0196 e. The molecule has 0 aliphatic heterocycles. The lowest BCUT2D eigenvalue weighted by Crippen LogP contribution is -2.28. The number of unbranched alkanes of at least 4 members (excludes halogenated alkanes) is 3. The Labute approximate surface area is 233 Å². The second kappa shape index (κ2) is 10.4. The van der Waals surface area contributed by atoms with Crippen molar-refractivity contribution in [2.45, 2.75) is 103 Å². The average Bonchev–Trinajstić information content (AvgIpc) is 3.76. The second-order valence-corrected chi connectivity index (χ2v) is 15.8. The van der Waals surface area contributed by atoms with Gasteiger partial charge in [-0.1, -0.05) is 74.3 Å². The van der Waals surface area contributed by atoms with E-state index in [1.165, 1.54) is 77.0 Å². The van der Waals surface area contributed by atoms with Crippen LogP contribution >= 0.6 is 0 Å². The molecule has 9 rings (SSSR count). The molecular weight excluding hydrogens is 456 g/mol. The highest BCUT2D eigenvalue weighted by Crippen LogP contribution is 2.58. The first kappa shape index (κ1) is 24.7. The monoisotopic (exact) mass is 510 g/mol. The highest BCUT2D eigenvalue weighted by molar-refractivity contribution is 5.17. The zero-order chi connectivity index (χ0) is 25.1. The Balaban J connectivity index is 0.000000119. The molecule has 5 fully saturated rings. The molecule has 0 radical (unpaired) electrons. The van der Waals surface area contributed by atoms with Crippen LogP contribution in [-0.2, 0) is 0 Å². The van der Waals surface area contributed by atoms with Crippen molar-refractivity contribution >= 4 is 0 Å². The van der Waals surface area contributed by atoms with Crippen molar-refractivity contribution in [3.63, 3.8) is 0 Å². The Morgan fingerprint density at radius 3 is 1.03 bits per heavy atom. The molecule has 0 aromatic heterocycles. The van der Waals surface area contributed by atoms with Gasteiger partial charge in [-0.25, -0.2) is 0 Å². The van der Waals surface area contributed by atoms with Gasteiger partial charge in [-0.15, -0.1) is 0 Å². The van der Waals surface area contributed by atoms with E-state index in [2.05, 4.69) is 48.6 Å². The molecular formula is C38H54. The van der Waals surface area contributed by atoms with Crippen LogP contribution in [0.1, 0.15) is 103 Å². The quantitative estimate of drug-likeness (QED) is 0.236. The van der Waals surface area contributed by atoms with Crippen LogP contribution in [0.4, 0.5) is 0 Å². The Kier molecular flexibility index (Phi) is 6.78. The molecule has 0 spiro atoms. The predicted molar refractivity (Wildman–Crippen MR) is 159 cm³/mol. The molecule has 14 atom stereocenters. The number of rotatable bonds is 7. The van der Waals surface area contributed by atoms with Crippen molar-refractivity contribution in [3.05, 3.63) is 48.6 Å². The van der Waals surface area contributed by atoms with Gasteiger partial charge in [0.25, 0.3) is 0 Å². The normalized spacial score (nSPS) is 51.4. The topological polar surface area (TPSA) is 0 Å². The molecule has 0 aromatic carbocycles. The molecule has 0 heterocycles. The minimum Gasteiger partial charge on any atom is -0.0851 e. The summed E-state index contributed by atoms with van der Waals surface area (Å²) in [5, 5.41) is 0. The summed E-state index contributed by atoms with van der Waals surface area (Å²) in [4.78, 5) is 0. The molecule has 38 heavy (non-hydrogen) atoms. The molecule has 206 valence electrons. The van der Waals surface area contributed by atoms with Crippen LogP contribution in [0.15, 0.2) is 48.6 Å². The van der Waals surface area contributed by atoms with Gasteiger partial charge in [0.15, 0.2) is 0 Å². The summed E-state index contributed by atoms with van der Waals surface area (Å²) < 4.78 is 0. The first-order valence-electron chi connectivity index (χ1n) is 17.5. The Morgan fingerprint density at radius 2 is 0.711 bits per heavy atom.